The average molecular weight is 580 g/mol. The summed E-state index contributed by atoms with van der Waals surface area (Å²) in [5, 5.41) is 3.57. The lowest BCUT2D eigenvalue weighted by atomic mass is 9.88. The molecule has 0 radical (unpaired) electrons. The molecule has 210 valence electrons. The number of aryl methyl sites for hydroxylation is 3. The minimum absolute atomic E-state index is 0.192. The zero-order chi connectivity index (χ0) is 30.3. The Morgan fingerprint density at radius 1 is 0.814 bits per heavy atom. The standard InChI is InChI=1S/C39H34N2OS/c1-22-11-16-32-29-9-7-8-10-30(29)39(41(32)21-22)31-15-14-27-28-13-12-26-23(2)24(3)43-37(26)36(28)42-35(27)34(31)33-19-25(17-18-40(33)39)20-38(4,5)6/h7-19,21H,20H2,1-6H3/q+2/i20D. The van der Waals surface area contributed by atoms with Crippen LogP contribution in [0.15, 0.2) is 89.6 Å². The van der Waals surface area contributed by atoms with Gasteiger partial charge in [-0.3, -0.25) is 0 Å². The van der Waals surface area contributed by atoms with Crippen molar-refractivity contribution in [3.05, 3.63) is 118 Å². The van der Waals surface area contributed by atoms with Crippen LogP contribution < -0.4 is 9.13 Å². The molecule has 2 unspecified atom stereocenters. The maximum Gasteiger partial charge on any atom is 0.417 e. The molecule has 0 bridgehead atoms. The van der Waals surface area contributed by atoms with Crippen molar-refractivity contribution in [1.29, 1.82) is 0 Å². The number of hydrogen-bond donors (Lipinski definition) is 0. The van der Waals surface area contributed by atoms with Crippen molar-refractivity contribution in [2.75, 3.05) is 0 Å². The molecule has 0 amide bonds. The predicted octanol–water partition coefficient (Wildman–Crippen LogP) is 9.15. The first-order valence-electron chi connectivity index (χ1n) is 15.7. The fourth-order valence-corrected chi connectivity index (χ4v) is 8.85. The zero-order valence-corrected chi connectivity index (χ0v) is 26.2. The predicted molar refractivity (Wildman–Crippen MR) is 176 cm³/mol. The van der Waals surface area contributed by atoms with E-state index in [1.807, 2.05) is 11.3 Å². The molecule has 0 saturated carbocycles. The van der Waals surface area contributed by atoms with Crippen LogP contribution in [0, 0.1) is 26.2 Å². The van der Waals surface area contributed by atoms with Crippen molar-refractivity contribution in [2.45, 2.75) is 53.6 Å². The third-order valence-corrected chi connectivity index (χ3v) is 10.8. The lowest BCUT2D eigenvalue weighted by molar-refractivity contribution is -0.955. The first-order valence-corrected chi connectivity index (χ1v) is 15.9. The van der Waals surface area contributed by atoms with Crippen LogP contribution in [0.25, 0.3) is 54.5 Å². The first kappa shape index (κ1) is 24.2. The summed E-state index contributed by atoms with van der Waals surface area (Å²) in [6, 6.07) is 26.8. The van der Waals surface area contributed by atoms with Gasteiger partial charge in [0.2, 0.25) is 11.4 Å². The highest BCUT2D eigenvalue weighted by Crippen LogP contribution is 2.51. The number of fused-ring (bicyclic) bond motifs is 16. The van der Waals surface area contributed by atoms with Gasteiger partial charge in [-0.15, -0.1) is 20.5 Å². The van der Waals surface area contributed by atoms with Gasteiger partial charge in [0.15, 0.2) is 18.0 Å². The number of rotatable bonds is 1. The summed E-state index contributed by atoms with van der Waals surface area (Å²) < 4.78 is 22.4. The van der Waals surface area contributed by atoms with E-state index in [0.717, 1.165) is 38.8 Å². The molecule has 0 saturated heterocycles. The van der Waals surface area contributed by atoms with E-state index in [4.69, 9.17) is 4.42 Å². The smallest absolute Gasteiger partial charge is 0.417 e. The molecular formula is C39H34N2OS+2. The van der Waals surface area contributed by atoms with E-state index >= 15 is 0 Å². The van der Waals surface area contributed by atoms with E-state index in [0.29, 0.717) is 0 Å². The molecule has 2 aliphatic rings. The number of nitrogens with zero attached hydrogens (tertiary/aromatic N) is 2. The highest BCUT2D eigenvalue weighted by atomic mass is 32.1. The van der Waals surface area contributed by atoms with Gasteiger partial charge in [-0.25, -0.2) is 0 Å². The molecule has 43 heavy (non-hydrogen) atoms. The molecule has 0 N–H and O–H groups in total. The van der Waals surface area contributed by atoms with Crippen LogP contribution in [0.5, 0.6) is 0 Å². The first-order chi connectivity index (χ1) is 21.1. The average Bonchev–Trinajstić information content (AvgIpc) is 3.70. The van der Waals surface area contributed by atoms with Gasteiger partial charge in [-0.1, -0.05) is 39.0 Å². The van der Waals surface area contributed by atoms with Crippen molar-refractivity contribution in [3.63, 3.8) is 0 Å². The SMILES string of the molecule is [2H]C(c1cc[n+]2c(c1)-c1c(ccc3c1oc1c3ccc3c(C)c(C)sc31)C21c2ccccc2-c2ccc(C)c[n+]21)C(C)(C)C. The van der Waals surface area contributed by atoms with Crippen LogP contribution in [0.2, 0.25) is 0 Å². The summed E-state index contributed by atoms with van der Waals surface area (Å²) in [4.78, 5) is 1.33. The Bertz CT molecular complexity index is 2390. The molecule has 6 heterocycles. The Kier molecular flexibility index (Phi) is 4.62. The quantitative estimate of drug-likeness (QED) is 0.178. The van der Waals surface area contributed by atoms with Gasteiger partial charge in [-0.2, -0.15) is 0 Å². The summed E-state index contributed by atoms with van der Waals surface area (Å²) in [5.41, 5.74) is 11.8. The molecule has 0 aliphatic carbocycles. The molecule has 4 heteroatoms. The topological polar surface area (TPSA) is 20.9 Å². The molecule has 2 atom stereocenters. The number of furan rings is 1. The molecule has 9 rings (SSSR count). The van der Waals surface area contributed by atoms with Crippen molar-refractivity contribution in [1.82, 2.24) is 0 Å². The highest BCUT2D eigenvalue weighted by Gasteiger charge is 2.67. The Morgan fingerprint density at radius 3 is 2.42 bits per heavy atom. The summed E-state index contributed by atoms with van der Waals surface area (Å²) in [6.45, 7) is 13.0. The number of thiophene rings is 1. The Balaban J connectivity index is 1.46. The zero-order valence-electron chi connectivity index (χ0n) is 26.4. The van der Waals surface area contributed by atoms with Gasteiger partial charge in [0.1, 0.15) is 22.3 Å². The van der Waals surface area contributed by atoms with E-state index in [9.17, 15) is 1.37 Å². The van der Waals surface area contributed by atoms with Crippen LogP contribution in [0.1, 0.15) is 54.8 Å². The molecule has 7 aromatic rings. The minimum atomic E-state index is -0.612. The number of benzene rings is 3. The van der Waals surface area contributed by atoms with Gasteiger partial charge >= 0.3 is 5.66 Å². The van der Waals surface area contributed by atoms with Crippen molar-refractivity contribution >= 4 is 43.4 Å². The second kappa shape index (κ2) is 8.21. The Morgan fingerprint density at radius 2 is 1.58 bits per heavy atom. The third-order valence-electron chi connectivity index (χ3n) is 9.53. The van der Waals surface area contributed by atoms with E-state index in [2.05, 4.69) is 136 Å². The van der Waals surface area contributed by atoms with Gasteiger partial charge in [0, 0.05) is 40.8 Å². The van der Waals surface area contributed by atoms with Gasteiger partial charge in [0.05, 0.1) is 10.3 Å². The van der Waals surface area contributed by atoms with Crippen molar-refractivity contribution < 1.29 is 14.9 Å². The van der Waals surface area contributed by atoms with Crippen LogP contribution in [0.4, 0.5) is 0 Å². The molecule has 3 nitrogen and oxygen atoms in total. The van der Waals surface area contributed by atoms with Crippen LogP contribution in [0.3, 0.4) is 0 Å². The number of aromatic nitrogens is 2. The summed E-state index contributed by atoms with van der Waals surface area (Å²) >= 11 is 1.83. The van der Waals surface area contributed by atoms with E-state index in [1.165, 1.54) is 48.5 Å². The number of pyridine rings is 2. The van der Waals surface area contributed by atoms with E-state index in [1.54, 1.807) is 0 Å². The molecular weight excluding hydrogens is 545 g/mol. The molecule has 3 aromatic carbocycles. The van der Waals surface area contributed by atoms with E-state index < -0.39 is 5.66 Å². The molecule has 0 fully saturated rings. The third kappa shape index (κ3) is 3.14. The molecule has 1 spiro atoms. The summed E-state index contributed by atoms with van der Waals surface area (Å²) in [6.07, 6.45) is 4.15. The van der Waals surface area contributed by atoms with Crippen LogP contribution in [-0.4, -0.2) is 0 Å². The lowest BCUT2D eigenvalue weighted by Crippen LogP contribution is -2.71. The minimum Gasteiger partial charge on any atom is -0.454 e. The Labute approximate surface area is 257 Å². The number of hydrogen-bond acceptors (Lipinski definition) is 2. The highest BCUT2D eigenvalue weighted by molar-refractivity contribution is 7.20. The second-order valence-electron chi connectivity index (χ2n) is 13.5. The van der Waals surface area contributed by atoms with E-state index in [-0.39, 0.29) is 11.8 Å². The van der Waals surface area contributed by atoms with Crippen molar-refractivity contribution in [3.8, 4) is 22.5 Å². The monoisotopic (exact) mass is 579 g/mol. The second-order valence-corrected chi connectivity index (χ2v) is 14.7. The fourth-order valence-electron chi connectivity index (χ4n) is 7.71. The molecule has 2 aliphatic heterocycles. The van der Waals surface area contributed by atoms with Gasteiger partial charge in [0.25, 0.3) is 0 Å². The fraction of sp³-hybridized carbons (Fsp3) is 0.231. The largest absolute Gasteiger partial charge is 0.454 e. The maximum absolute atomic E-state index is 9.20. The van der Waals surface area contributed by atoms with Gasteiger partial charge in [-0.05, 0) is 85.5 Å². The van der Waals surface area contributed by atoms with Crippen LogP contribution >= 0.6 is 11.3 Å². The van der Waals surface area contributed by atoms with Crippen molar-refractivity contribution in [2.24, 2.45) is 5.41 Å². The van der Waals surface area contributed by atoms with Gasteiger partial charge < -0.3 is 4.42 Å². The molecule has 4 aromatic heterocycles. The Hall–Kier alpha value is -4.28. The van der Waals surface area contributed by atoms with Crippen LogP contribution in [-0.2, 0) is 12.1 Å². The summed E-state index contributed by atoms with van der Waals surface area (Å²) in [5.74, 6) is 0. The maximum atomic E-state index is 9.20. The lowest BCUT2D eigenvalue weighted by Gasteiger charge is -2.19. The normalized spacial score (nSPS) is 17.9. The summed E-state index contributed by atoms with van der Waals surface area (Å²) in [7, 11) is 0.